The Bertz CT molecular complexity index is 1140. The number of Topliss-reactive ketones (excluding diaryl/α,β-unsaturated/α-hetero) is 1. The van der Waals surface area contributed by atoms with Crippen molar-refractivity contribution in [1.82, 2.24) is 4.90 Å². The zero-order chi connectivity index (χ0) is 24.2. The molecule has 2 aromatic rings. The molecular weight excluding hydrogens is 434 g/mol. The monoisotopic (exact) mass is 463 g/mol. The molecule has 1 fully saturated rings. The maximum absolute atomic E-state index is 13.2. The number of hydrogen-bond donors (Lipinski definition) is 1. The first-order chi connectivity index (χ1) is 16.4. The van der Waals surface area contributed by atoms with E-state index >= 15 is 0 Å². The molecule has 1 saturated heterocycles. The lowest BCUT2D eigenvalue weighted by Gasteiger charge is -2.25. The van der Waals surface area contributed by atoms with Crippen molar-refractivity contribution in [2.24, 2.45) is 0 Å². The smallest absolute Gasteiger partial charge is 0.295 e. The fourth-order valence-electron chi connectivity index (χ4n) is 4.49. The van der Waals surface area contributed by atoms with Gasteiger partial charge >= 0.3 is 0 Å². The summed E-state index contributed by atoms with van der Waals surface area (Å²) in [4.78, 5) is 27.7. The minimum absolute atomic E-state index is 0.0528. The normalized spacial score (nSPS) is 20.8. The highest BCUT2D eigenvalue weighted by atomic mass is 16.5. The fourth-order valence-corrected chi connectivity index (χ4v) is 4.49. The summed E-state index contributed by atoms with van der Waals surface area (Å²) < 4.78 is 16.6. The van der Waals surface area contributed by atoms with Crippen molar-refractivity contribution in [2.45, 2.75) is 31.9 Å². The summed E-state index contributed by atoms with van der Waals surface area (Å²) in [5, 5.41) is 11.3. The first-order valence-electron chi connectivity index (χ1n) is 11.4. The molecule has 2 heterocycles. The van der Waals surface area contributed by atoms with E-state index in [0.29, 0.717) is 49.5 Å². The van der Waals surface area contributed by atoms with Gasteiger partial charge in [0, 0.05) is 32.2 Å². The Balaban J connectivity index is 1.79. The van der Waals surface area contributed by atoms with Crippen LogP contribution in [0, 0.1) is 0 Å². The average molecular weight is 464 g/mol. The van der Waals surface area contributed by atoms with Gasteiger partial charge < -0.3 is 24.2 Å². The van der Waals surface area contributed by atoms with Gasteiger partial charge in [0.25, 0.3) is 11.7 Å². The van der Waals surface area contributed by atoms with Crippen LogP contribution in [0.2, 0.25) is 0 Å². The zero-order valence-electron chi connectivity index (χ0n) is 19.5. The molecule has 4 rings (SSSR count). The van der Waals surface area contributed by atoms with Crippen molar-refractivity contribution < 1.29 is 28.9 Å². The molecule has 0 aromatic heterocycles. The molecule has 2 aliphatic heterocycles. The van der Waals surface area contributed by atoms with Crippen LogP contribution < -0.4 is 9.47 Å². The van der Waals surface area contributed by atoms with Gasteiger partial charge in [-0.2, -0.15) is 0 Å². The highest BCUT2D eigenvalue weighted by Crippen LogP contribution is 2.41. The summed E-state index contributed by atoms with van der Waals surface area (Å²) in [6, 6.07) is 11.8. The third-order valence-electron chi connectivity index (χ3n) is 6.00. The maximum Gasteiger partial charge on any atom is 0.295 e. The maximum atomic E-state index is 13.2. The van der Waals surface area contributed by atoms with Crippen LogP contribution in [0.25, 0.3) is 5.76 Å². The lowest BCUT2D eigenvalue weighted by atomic mass is 9.94. The second-order valence-corrected chi connectivity index (χ2v) is 8.47. The summed E-state index contributed by atoms with van der Waals surface area (Å²) in [7, 11) is 1.59. The molecule has 0 radical (unpaired) electrons. The zero-order valence-corrected chi connectivity index (χ0v) is 19.5. The van der Waals surface area contributed by atoms with E-state index in [4.69, 9.17) is 14.2 Å². The topological polar surface area (TPSA) is 85.3 Å². The van der Waals surface area contributed by atoms with Gasteiger partial charge in [0.15, 0.2) is 0 Å². The highest BCUT2D eigenvalue weighted by molar-refractivity contribution is 6.46. The number of aliphatic hydroxyl groups excluding tert-OH is 1. The largest absolute Gasteiger partial charge is 0.507 e. The van der Waals surface area contributed by atoms with E-state index < -0.39 is 17.7 Å². The molecule has 7 heteroatoms. The van der Waals surface area contributed by atoms with Gasteiger partial charge in [-0.15, -0.1) is 0 Å². The van der Waals surface area contributed by atoms with Crippen LogP contribution >= 0.6 is 0 Å². The number of ether oxygens (including phenoxy) is 3. The van der Waals surface area contributed by atoms with E-state index in [2.05, 4.69) is 6.58 Å². The van der Waals surface area contributed by atoms with Gasteiger partial charge in [-0.25, -0.2) is 0 Å². The third kappa shape index (κ3) is 4.56. The Hall–Kier alpha value is -3.58. The second-order valence-electron chi connectivity index (χ2n) is 8.47. The van der Waals surface area contributed by atoms with Crippen molar-refractivity contribution in [3.8, 4) is 11.5 Å². The number of aliphatic hydroxyl groups is 1. The minimum Gasteiger partial charge on any atom is -0.507 e. The molecule has 0 unspecified atom stereocenters. The van der Waals surface area contributed by atoms with E-state index in [1.54, 1.807) is 43.5 Å². The van der Waals surface area contributed by atoms with Crippen LogP contribution in [-0.2, 0) is 20.7 Å². The Morgan fingerprint density at radius 1 is 1.26 bits per heavy atom. The Labute approximate surface area is 199 Å². The average Bonchev–Trinajstić information content (AvgIpc) is 3.33. The van der Waals surface area contributed by atoms with Crippen LogP contribution in [0.3, 0.4) is 0 Å². The van der Waals surface area contributed by atoms with Crippen molar-refractivity contribution in [2.75, 3.05) is 26.9 Å². The molecule has 178 valence electrons. The van der Waals surface area contributed by atoms with Crippen LogP contribution in [0.1, 0.15) is 36.1 Å². The summed E-state index contributed by atoms with van der Waals surface area (Å²) >= 11 is 0. The number of hydrogen-bond acceptors (Lipinski definition) is 6. The highest BCUT2D eigenvalue weighted by Gasteiger charge is 2.46. The number of nitrogens with zero attached hydrogens (tertiary/aromatic N) is 1. The first-order valence-corrected chi connectivity index (χ1v) is 11.4. The van der Waals surface area contributed by atoms with E-state index in [1.165, 1.54) is 4.90 Å². The van der Waals surface area contributed by atoms with Crippen LogP contribution in [0.5, 0.6) is 11.5 Å². The Morgan fingerprint density at radius 3 is 2.85 bits per heavy atom. The molecular formula is C27H29NO6. The van der Waals surface area contributed by atoms with Crippen molar-refractivity contribution in [1.29, 1.82) is 0 Å². The SMILES string of the molecule is C=CCOc1cccc([C@@H]2/C(=C(\O)c3ccc4c(c3)C[C@H](C)O4)C(=O)C(=O)N2CCCOC)c1. The number of carbonyl (C=O) groups excluding carboxylic acids is 2. The molecule has 2 aromatic carbocycles. The van der Waals surface area contributed by atoms with Gasteiger partial charge in [-0.1, -0.05) is 24.8 Å². The molecule has 0 bridgehead atoms. The molecule has 1 amide bonds. The van der Waals surface area contributed by atoms with E-state index in [0.717, 1.165) is 11.3 Å². The molecule has 2 aliphatic rings. The van der Waals surface area contributed by atoms with E-state index in [-0.39, 0.29) is 17.4 Å². The number of amides is 1. The van der Waals surface area contributed by atoms with Gasteiger partial charge in [0.2, 0.25) is 0 Å². The van der Waals surface area contributed by atoms with Crippen molar-refractivity contribution in [3.63, 3.8) is 0 Å². The number of likely N-dealkylation sites (tertiary alicyclic amines) is 1. The predicted molar refractivity (Wildman–Crippen MR) is 128 cm³/mol. The van der Waals surface area contributed by atoms with Crippen molar-refractivity contribution >= 4 is 17.4 Å². The van der Waals surface area contributed by atoms with Gasteiger partial charge in [0.1, 0.15) is 30.0 Å². The summed E-state index contributed by atoms with van der Waals surface area (Å²) in [5.74, 6) is -0.186. The summed E-state index contributed by atoms with van der Waals surface area (Å²) in [6.45, 7) is 6.73. The van der Waals surface area contributed by atoms with Crippen LogP contribution in [-0.4, -0.2) is 54.7 Å². The third-order valence-corrected chi connectivity index (χ3v) is 6.00. The molecule has 2 atom stereocenters. The molecule has 1 N–H and O–H groups in total. The van der Waals surface area contributed by atoms with E-state index in [1.807, 2.05) is 19.1 Å². The Morgan fingerprint density at radius 2 is 2.09 bits per heavy atom. The van der Waals surface area contributed by atoms with E-state index in [9.17, 15) is 14.7 Å². The lowest BCUT2D eigenvalue weighted by Crippen LogP contribution is -2.31. The predicted octanol–water partition coefficient (Wildman–Crippen LogP) is 4.03. The quantitative estimate of drug-likeness (QED) is 0.199. The van der Waals surface area contributed by atoms with Gasteiger partial charge in [-0.3, -0.25) is 9.59 Å². The molecule has 0 aliphatic carbocycles. The molecule has 7 nitrogen and oxygen atoms in total. The number of fused-ring (bicyclic) bond motifs is 1. The fraction of sp³-hybridized carbons (Fsp3) is 0.333. The second kappa shape index (κ2) is 10.1. The van der Waals surface area contributed by atoms with Crippen LogP contribution in [0.15, 0.2) is 60.7 Å². The summed E-state index contributed by atoms with van der Waals surface area (Å²) in [6.07, 6.45) is 2.97. The minimum atomic E-state index is -0.743. The van der Waals surface area contributed by atoms with Crippen LogP contribution in [0.4, 0.5) is 0 Å². The van der Waals surface area contributed by atoms with Gasteiger partial charge in [0.05, 0.1) is 11.6 Å². The first kappa shape index (κ1) is 23.6. The number of benzene rings is 2. The number of rotatable bonds is 9. The lowest BCUT2D eigenvalue weighted by molar-refractivity contribution is -0.140. The van der Waals surface area contributed by atoms with Crippen molar-refractivity contribution in [3.05, 3.63) is 77.4 Å². The molecule has 34 heavy (non-hydrogen) atoms. The number of carbonyl (C=O) groups is 2. The summed E-state index contributed by atoms with van der Waals surface area (Å²) in [5.41, 5.74) is 2.19. The molecule has 0 saturated carbocycles. The van der Waals surface area contributed by atoms with Gasteiger partial charge in [-0.05, 0) is 54.8 Å². The number of methoxy groups -OCH3 is 1. The molecule has 0 spiro atoms. The number of ketones is 1. The Kier molecular flexibility index (Phi) is 7.03. The standard InChI is InChI=1S/C27H29NO6/c1-4-12-33-21-8-5-7-18(16-21)24-23(26(30)27(31)28(24)11-6-13-32-3)25(29)19-9-10-22-20(15-19)14-17(2)34-22/h4-5,7-10,15-17,24,29H,1,6,11-14H2,2-3H3/b25-23+/t17-,24+/m0/s1.